The van der Waals surface area contributed by atoms with E-state index in [0.29, 0.717) is 17.7 Å². The van der Waals surface area contributed by atoms with Crippen molar-refractivity contribution in [2.45, 2.75) is 80.7 Å². The molecule has 2 saturated heterocycles. The number of nitrogens with zero attached hydrogens (tertiary/aromatic N) is 1. The van der Waals surface area contributed by atoms with Crippen LogP contribution in [0, 0.1) is 5.92 Å². The number of hydrogen-bond acceptors (Lipinski definition) is 7. The molecule has 1 aromatic rings. The summed E-state index contributed by atoms with van der Waals surface area (Å²) in [5, 5.41) is 39.5. The van der Waals surface area contributed by atoms with E-state index in [0.717, 1.165) is 25.8 Å². The van der Waals surface area contributed by atoms with Crippen molar-refractivity contribution in [3.63, 3.8) is 0 Å². The van der Waals surface area contributed by atoms with Crippen LogP contribution in [0.5, 0.6) is 5.75 Å². The van der Waals surface area contributed by atoms with Gasteiger partial charge in [-0.2, -0.15) is 0 Å². The number of piperidine rings is 1. The van der Waals surface area contributed by atoms with Crippen molar-refractivity contribution in [1.82, 2.24) is 4.90 Å². The van der Waals surface area contributed by atoms with Crippen molar-refractivity contribution < 1.29 is 34.7 Å². The summed E-state index contributed by atoms with van der Waals surface area (Å²) in [6.45, 7) is 1.07. The standard InChI is InChI=1S/C23H31NO7/c1-24-9-8-23-7-3-2-4-14(23)16(24)10-12-5-6-13(11-15(12)23)30-22-19(27)17(25)18(26)20(31-22)21(28)29/h5-6,11,14,16-20,22,25-27H,2-4,7-10H2,1H3,(H,28,29)/t14-,16+,17+,18+,19-,20+,22-,23+/m1/s1. The van der Waals surface area contributed by atoms with Gasteiger partial charge in [0.2, 0.25) is 6.29 Å². The summed E-state index contributed by atoms with van der Waals surface area (Å²) in [4.78, 5) is 13.9. The van der Waals surface area contributed by atoms with Crippen LogP contribution in [0.25, 0.3) is 0 Å². The molecule has 4 N–H and O–H groups in total. The lowest BCUT2D eigenvalue weighted by Gasteiger charge is -2.58. The Morgan fingerprint density at radius 1 is 1.16 bits per heavy atom. The number of hydrogen-bond donors (Lipinski definition) is 4. The summed E-state index contributed by atoms with van der Waals surface area (Å²) in [6.07, 6.45) is -1.03. The minimum atomic E-state index is -1.73. The van der Waals surface area contributed by atoms with Crippen LogP contribution >= 0.6 is 0 Å². The first-order valence-electron chi connectivity index (χ1n) is 11.2. The van der Waals surface area contributed by atoms with Gasteiger partial charge >= 0.3 is 5.97 Å². The van der Waals surface area contributed by atoms with Gasteiger partial charge in [0.1, 0.15) is 24.1 Å². The van der Waals surface area contributed by atoms with Crippen LogP contribution in [-0.2, 0) is 21.4 Å². The largest absolute Gasteiger partial charge is 0.479 e. The number of rotatable bonds is 3. The summed E-state index contributed by atoms with van der Waals surface area (Å²) in [5.41, 5.74) is 2.76. The van der Waals surface area contributed by atoms with E-state index in [1.807, 2.05) is 12.1 Å². The van der Waals surface area contributed by atoms with Gasteiger partial charge in [-0.25, -0.2) is 4.79 Å². The minimum absolute atomic E-state index is 0.133. The second-order valence-electron chi connectivity index (χ2n) is 9.68. The van der Waals surface area contributed by atoms with Crippen LogP contribution in [0.2, 0.25) is 0 Å². The Bertz CT molecular complexity index is 862. The lowest BCUT2D eigenvalue weighted by molar-refractivity contribution is -0.271. The fourth-order valence-electron chi connectivity index (χ4n) is 6.53. The number of likely N-dealkylation sites (tertiary alicyclic amines) is 1. The third-order valence-electron chi connectivity index (χ3n) is 8.15. The molecule has 0 amide bonds. The van der Waals surface area contributed by atoms with E-state index in [1.165, 1.54) is 30.4 Å². The molecule has 170 valence electrons. The van der Waals surface area contributed by atoms with E-state index >= 15 is 0 Å². The van der Waals surface area contributed by atoms with Crippen LogP contribution in [0.1, 0.15) is 43.2 Å². The van der Waals surface area contributed by atoms with E-state index < -0.39 is 36.7 Å². The lowest BCUT2D eigenvalue weighted by Crippen LogP contribution is -2.61. The van der Waals surface area contributed by atoms with Crippen molar-refractivity contribution >= 4 is 5.97 Å². The molecule has 3 fully saturated rings. The zero-order chi connectivity index (χ0) is 21.9. The number of aliphatic hydroxyl groups is 3. The highest BCUT2D eigenvalue weighted by atomic mass is 16.7. The second-order valence-corrected chi connectivity index (χ2v) is 9.68. The predicted octanol–water partition coefficient (Wildman–Crippen LogP) is 0.646. The van der Waals surface area contributed by atoms with Crippen LogP contribution in [0.3, 0.4) is 0 Å². The van der Waals surface area contributed by atoms with Crippen LogP contribution in [0.15, 0.2) is 18.2 Å². The van der Waals surface area contributed by atoms with Crippen molar-refractivity contribution in [2.24, 2.45) is 5.92 Å². The molecule has 1 aromatic carbocycles. The number of carboxylic acid groups (broad SMARTS) is 1. The smallest absolute Gasteiger partial charge is 0.335 e. The van der Waals surface area contributed by atoms with Crippen molar-refractivity contribution in [3.05, 3.63) is 29.3 Å². The Morgan fingerprint density at radius 2 is 1.97 bits per heavy atom. The first kappa shape index (κ1) is 21.2. The summed E-state index contributed by atoms with van der Waals surface area (Å²) in [7, 11) is 2.23. The van der Waals surface area contributed by atoms with E-state index in [-0.39, 0.29) is 5.41 Å². The highest BCUT2D eigenvalue weighted by molar-refractivity contribution is 5.73. The van der Waals surface area contributed by atoms with E-state index in [1.54, 1.807) is 0 Å². The number of carbonyl (C=O) groups is 1. The summed E-state index contributed by atoms with van der Waals surface area (Å²) in [5.74, 6) is -0.321. The summed E-state index contributed by atoms with van der Waals surface area (Å²) >= 11 is 0. The lowest BCUT2D eigenvalue weighted by atomic mass is 9.52. The first-order valence-corrected chi connectivity index (χ1v) is 11.2. The molecule has 8 heteroatoms. The Kier molecular flexibility index (Phi) is 5.26. The maximum atomic E-state index is 11.4. The van der Waals surface area contributed by atoms with Gasteiger partial charge in [-0.15, -0.1) is 0 Å². The Labute approximate surface area is 181 Å². The highest BCUT2D eigenvalue weighted by Gasteiger charge is 2.53. The monoisotopic (exact) mass is 433 g/mol. The van der Waals surface area contributed by atoms with Crippen LogP contribution in [0.4, 0.5) is 0 Å². The molecule has 8 atom stereocenters. The molecule has 4 aliphatic rings. The van der Waals surface area contributed by atoms with Crippen molar-refractivity contribution in [3.8, 4) is 5.75 Å². The third kappa shape index (κ3) is 3.27. The molecular weight excluding hydrogens is 402 g/mol. The zero-order valence-electron chi connectivity index (χ0n) is 17.7. The molecular formula is C23H31NO7. The third-order valence-corrected chi connectivity index (χ3v) is 8.15. The fourth-order valence-corrected chi connectivity index (χ4v) is 6.53. The van der Waals surface area contributed by atoms with E-state index in [9.17, 15) is 25.2 Å². The van der Waals surface area contributed by atoms with Gasteiger partial charge in [0.25, 0.3) is 0 Å². The molecule has 2 aliphatic heterocycles. The van der Waals surface area contributed by atoms with Crippen LogP contribution in [-0.4, -0.2) is 81.6 Å². The van der Waals surface area contributed by atoms with Gasteiger partial charge in [0, 0.05) is 11.5 Å². The number of aliphatic hydroxyl groups excluding tert-OH is 3. The molecule has 0 spiro atoms. The van der Waals surface area contributed by atoms with Crippen molar-refractivity contribution in [1.29, 1.82) is 0 Å². The molecule has 2 aliphatic carbocycles. The topological polar surface area (TPSA) is 120 Å². The normalized spacial score (nSPS) is 42.4. The Hall–Kier alpha value is -1.71. The predicted molar refractivity (Wildman–Crippen MR) is 110 cm³/mol. The van der Waals surface area contributed by atoms with Gasteiger partial charge in [-0.3, -0.25) is 0 Å². The first-order chi connectivity index (χ1) is 14.8. The average molecular weight is 434 g/mol. The Morgan fingerprint density at radius 3 is 2.74 bits per heavy atom. The SMILES string of the molecule is CN1CC[C@@]23CCCC[C@@H]2[C@@H]1Cc1ccc(O[C@@H]2O[C@H](C(=O)O)[C@@H](O)[C@H](O)[C@H]2O)cc13. The molecule has 0 unspecified atom stereocenters. The van der Waals surface area contributed by atoms with Gasteiger partial charge in [-0.05, 0) is 68.5 Å². The maximum absolute atomic E-state index is 11.4. The molecule has 0 aromatic heterocycles. The number of aliphatic carboxylic acids is 1. The van der Waals surface area contributed by atoms with Crippen LogP contribution < -0.4 is 4.74 Å². The average Bonchev–Trinajstić information content (AvgIpc) is 2.76. The number of ether oxygens (including phenoxy) is 2. The molecule has 0 radical (unpaired) electrons. The maximum Gasteiger partial charge on any atom is 0.335 e. The van der Waals surface area contributed by atoms with Crippen molar-refractivity contribution in [2.75, 3.05) is 13.6 Å². The van der Waals surface area contributed by atoms with Gasteiger partial charge < -0.3 is 34.8 Å². The van der Waals surface area contributed by atoms with Gasteiger partial charge in [-0.1, -0.05) is 18.9 Å². The van der Waals surface area contributed by atoms with Gasteiger partial charge in [0.15, 0.2) is 6.10 Å². The molecule has 1 saturated carbocycles. The molecule has 2 heterocycles. The minimum Gasteiger partial charge on any atom is -0.479 e. The Balaban J connectivity index is 1.45. The summed E-state index contributed by atoms with van der Waals surface area (Å²) < 4.78 is 11.2. The second kappa shape index (κ2) is 7.71. The van der Waals surface area contributed by atoms with E-state index in [2.05, 4.69) is 18.0 Å². The number of carboxylic acids is 1. The molecule has 8 nitrogen and oxygen atoms in total. The quantitative estimate of drug-likeness (QED) is 0.549. The molecule has 2 bridgehead atoms. The molecule has 31 heavy (non-hydrogen) atoms. The zero-order valence-corrected chi connectivity index (χ0v) is 17.7. The highest BCUT2D eigenvalue weighted by Crippen LogP contribution is 2.56. The molecule has 5 rings (SSSR count). The number of likely N-dealkylation sites (N-methyl/N-ethyl adjacent to an activating group) is 1. The fraction of sp³-hybridized carbons (Fsp3) is 0.696. The van der Waals surface area contributed by atoms with Gasteiger partial charge in [0.05, 0.1) is 0 Å². The number of benzene rings is 1. The van der Waals surface area contributed by atoms with E-state index in [4.69, 9.17) is 9.47 Å². The number of fused-ring (bicyclic) bond motifs is 1. The summed E-state index contributed by atoms with van der Waals surface area (Å²) in [6, 6.07) is 6.47.